The van der Waals surface area contributed by atoms with Gasteiger partial charge >= 0.3 is 5.97 Å². The lowest BCUT2D eigenvalue weighted by Crippen LogP contribution is -2.35. The lowest BCUT2D eigenvalue weighted by molar-refractivity contribution is -0.152. The number of benzene rings is 1. The van der Waals surface area contributed by atoms with Crippen LogP contribution in [0.15, 0.2) is 41.2 Å². The van der Waals surface area contributed by atoms with Gasteiger partial charge in [0.25, 0.3) is 5.56 Å². The first-order valence-corrected chi connectivity index (χ1v) is 5.10. The summed E-state index contributed by atoms with van der Waals surface area (Å²) in [5, 5.41) is 9.82. The van der Waals surface area contributed by atoms with Gasteiger partial charge in [-0.3, -0.25) is 4.79 Å². The highest BCUT2D eigenvalue weighted by molar-refractivity contribution is 5.80. The number of carbonyl (C=O) groups excluding carboxylic acids is 1. The number of rotatable bonds is 2. The highest BCUT2D eigenvalue weighted by atomic mass is 16.7. The summed E-state index contributed by atoms with van der Waals surface area (Å²) >= 11 is 0. The van der Waals surface area contributed by atoms with Crippen LogP contribution in [0, 0.1) is 0 Å². The highest BCUT2D eigenvalue weighted by Gasteiger charge is 2.14. The minimum absolute atomic E-state index is 0.460. The monoisotopic (exact) mass is 233 g/mol. The predicted molar refractivity (Wildman–Crippen MR) is 61.5 cm³/mol. The van der Waals surface area contributed by atoms with Crippen molar-refractivity contribution in [2.45, 2.75) is 13.0 Å². The maximum Gasteiger partial charge on any atom is 0.360 e. The number of aliphatic hydroxyl groups excluding tert-OH is 1. The van der Waals surface area contributed by atoms with Crippen LogP contribution >= 0.6 is 0 Å². The maximum absolute atomic E-state index is 11.6. The number of hydrogen-bond donors (Lipinski definition) is 1. The highest BCUT2D eigenvalue weighted by Crippen LogP contribution is 2.09. The second-order valence-corrected chi connectivity index (χ2v) is 3.61. The first-order chi connectivity index (χ1) is 8.09. The van der Waals surface area contributed by atoms with Crippen molar-refractivity contribution in [3.63, 3.8) is 0 Å². The van der Waals surface area contributed by atoms with E-state index in [2.05, 4.69) is 0 Å². The van der Waals surface area contributed by atoms with Gasteiger partial charge in [-0.05, 0) is 19.1 Å². The van der Waals surface area contributed by atoms with Crippen molar-refractivity contribution in [1.82, 2.24) is 4.73 Å². The molecule has 1 aromatic carbocycles. The van der Waals surface area contributed by atoms with Crippen molar-refractivity contribution in [2.75, 3.05) is 0 Å². The van der Waals surface area contributed by atoms with Gasteiger partial charge in [-0.1, -0.05) is 18.2 Å². The van der Waals surface area contributed by atoms with E-state index in [0.29, 0.717) is 5.52 Å². The standard InChI is InChI=1S/C12H11NO4/c1-8(14)12(16)17-13-10-5-3-2-4-9(10)6-7-11(13)15/h2-8,14H,1H3. The summed E-state index contributed by atoms with van der Waals surface area (Å²) in [4.78, 5) is 27.7. The van der Waals surface area contributed by atoms with Crippen LogP contribution in [0.3, 0.4) is 0 Å². The number of hydrogen-bond acceptors (Lipinski definition) is 4. The molecule has 0 amide bonds. The molecule has 2 rings (SSSR count). The zero-order chi connectivity index (χ0) is 12.4. The van der Waals surface area contributed by atoms with Crippen LogP contribution in [0.1, 0.15) is 6.92 Å². The summed E-state index contributed by atoms with van der Waals surface area (Å²) in [5.41, 5.74) is 0.0201. The van der Waals surface area contributed by atoms with Crippen molar-refractivity contribution < 1.29 is 14.7 Å². The van der Waals surface area contributed by atoms with E-state index in [1.165, 1.54) is 13.0 Å². The fourth-order valence-electron chi connectivity index (χ4n) is 1.42. The molecule has 17 heavy (non-hydrogen) atoms. The number of aromatic nitrogens is 1. The lowest BCUT2D eigenvalue weighted by Gasteiger charge is -2.10. The van der Waals surface area contributed by atoms with Gasteiger partial charge < -0.3 is 9.94 Å². The Labute approximate surface area is 96.8 Å². The number of fused-ring (bicyclic) bond motifs is 1. The number of para-hydroxylation sites is 1. The van der Waals surface area contributed by atoms with Crippen molar-refractivity contribution in [3.05, 3.63) is 46.8 Å². The number of aliphatic hydroxyl groups is 1. The van der Waals surface area contributed by atoms with Crippen molar-refractivity contribution in [2.24, 2.45) is 0 Å². The summed E-state index contributed by atoms with van der Waals surface area (Å²) in [6.45, 7) is 1.28. The minimum atomic E-state index is -1.28. The van der Waals surface area contributed by atoms with E-state index < -0.39 is 17.6 Å². The van der Waals surface area contributed by atoms with E-state index in [9.17, 15) is 9.59 Å². The summed E-state index contributed by atoms with van der Waals surface area (Å²) in [5.74, 6) is -0.872. The van der Waals surface area contributed by atoms with Crippen molar-refractivity contribution in [1.29, 1.82) is 0 Å². The molecule has 1 atom stereocenters. The van der Waals surface area contributed by atoms with E-state index in [0.717, 1.165) is 10.1 Å². The quantitative estimate of drug-likeness (QED) is 0.812. The molecule has 1 aromatic heterocycles. The number of pyridine rings is 1. The van der Waals surface area contributed by atoms with Gasteiger partial charge in [0.2, 0.25) is 0 Å². The molecule has 0 aliphatic rings. The van der Waals surface area contributed by atoms with Crippen LogP contribution in [0.25, 0.3) is 10.9 Å². The third-order valence-electron chi connectivity index (χ3n) is 2.28. The minimum Gasteiger partial charge on any atom is -0.382 e. The van der Waals surface area contributed by atoms with E-state index >= 15 is 0 Å². The molecule has 0 saturated carbocycles. The van der Waals surface area contributed by atoms with Crippen LogP contribution in [-0.4, -0.2) is 21.9 Å². The molecule has 0 spiro atoms. The molecular weight excluding hydrogens is 222 g/mol. The van der Waals surface area contributed by atoms with Gasteiger partial charge in [0, 0.05) is 11.5 Å². The molecule has 88 valence electrons. The molecule has 1 heterocycles. The van der Waals surface area contributed by atoms with Crippen LogP contribution < -0.4 is 10.4 Å². The molecule has 5 nitrogen and oxygen atoms in total. The van der Waals surface area contributed by atoms with Crippen molar-refractivity contribution in [3.8, 4) is 0 Å². The fraction of sp³-hybridized carbons (Fsp3) is 0.167. The van der Waals surface area contributed by atoms with Crippen LogP contribution in [-0.2, 0) is 4.79 Å². The Bertz CT molecular complexity index is 615. The lowest BCUT2D eigenvalue weighted by atomic mass is 10.2. The van der Waals surface area contributed by atoms with E-state index in [1.54, 1.807) is 24.3 Å². The molecule has 0 aliphatic heterocycles. The predicted octanol–water partition coefficient (Wildman–Crippen LogP) is 0.337. The Kier molecular flexibility index (Phi) is 2.93. The Morgan fingerprint density at radius 3 is 2.71 bits per heavy atom. The summed E-state index contributed by atoms with van der Waals surface area (Å²) < 4.78 is 0.879. The number of nitrogens with zero attached hydrogens (tertiary/aromatic N) is 1. The second-order valence-electron chi connectivity index (χ2n) is 3.61. The van der Waals surface area contributed by atoms with E-state index in [1.807, 2.05) is 6.07 Å². The maximum atomic E-state index is 11.6. The summed E-state index contributed by atoms with van der Waals surface area (Å²) in [6, 6.07) is 9.94. The van der Waals surface area contributed by atoms with E-state index in [-0.39, 0.29) is 0 Å². The van der Waals surface area contributed by atoms with Gasteiger partial charge in [-0.2, -0.15) is 0 Å². The Hall–Kier alpha value is -2.14. The molecule has 0 fully saturated rings. The largest absolute Gasteiger partial charge is 0.382 e. The first kappa shape index (κ1) is 11.3. The zero-order valence-corrected chi connectivity index (χ0v) is 9.16. The topological polar surface area (TPSA) is 68.5 Å². The Morgan fingerprint density at radius 2 is 2.00 bits per heavy atom. The van der Waals surface area contributed by atoms with Crippen LogP contribution in [0.4, 0.5) is 0 Å². The van der Waals surface area contributed by atoms with Gasteiger partial charge in [-0.25, -0.2) is 4.79 Å². The van der Waals surface area contributed by atoms with Gasteiger partial charge in [0.15, 0.2) is 6.10 Å². The summed E-state index contributed by atoms with van der Waals surface area (Å²) in [6.07, 6.45) is -1.28. The third kappa shape index (κ3) is 2.19. The molecule has 1 unspecified atom stereocenters. The molecule has 0 bridgehead atoms. The van der Waals surface area contributed by atoms with Crippen molar-refractivity contribution >= 4 is 16.9 Å². The van der Waals surface area contributed by atoms with Gasteiger partial charge in [-0.15, -0.1) is 4.73 Å². The SMILES string of the molecule is CC(O)C(=O)On1c(=O)ccc2ccccc21. The molecule has 0 saturated heterocycles. The smallest absolute Gasteiger partial charge is 0.360 e. The Balaban J connectivity index is 2.55. The molecule has 0 aliphatic carbocycles. The van der Waals surface area contributed by atoms with E-state index in [4.69, 9.17) is 9.94 Å². The average Bonchev–Trinajstić information content (AvgIpc) is 2.32. The van der Waals surface area contributed by atoms with Gasteiger partial charge in [0.1, 0.15) is 0 Å². The molecular formula is C12H11NO4. The van der Waals surface area contributed by atoms with Gasteiger partial charge in [0.05, 0.1) is 5.52 Å². The Morgan fingerprint density at radius 1 is 1.29 bits per heavy atom. The fourth-order valence-corrected chi connectivity index (χ4v) is 1.42. The average molecular weight is 233 g/mol. The molecule has 0 radical (unpaired) electrons. The zero-order valence-electron chi connectivity index (χ0n) is 9.16. The van der Waals surface area contributed by atoms with Crippen LogP contribution in [0.5, 0.6) is 0 Å². The molecule has 2 aromatic rings. The first-order valence-electron chi connectivity index (χ1n) is 5.10. The van der Waals surface area contributed by atoms with Crippen LogP contribution in [0.2, 0.25) is 0 Å². The third-order valence-corrected chi connectivity index (χ3v) is 2.28. The normalized spacial score (nSPS) is 12.4. The second kappa shape index (κ2) is 4.39. The molecule has 1 N–H and O–H groups in total. The summed E-state index contributed by atoms with van der Waals surface area (Å²) in [7, 11) is 0. The molecule has 5 heteroatoms. The number of carbonyl (C=O) groups is 1.